The molecule has 0 aromatic heterocycles. The summed E-state index contributed by atoms with van der Waals surface area (Å²) in [5, 5.41) is 10.2. The number of rotatable bonds is 9. The lowest BCUT2D eigenvalue weighted by Gasteiger charge is -2.14. The summed E-state index contributed by atoms with van der Waals surface area (Å²) in [6.45, 7) is 4.35. The number of hydrogen-bond donors (Lipinski definition) is 2. The molecule has 0 heterocycles. The highest BCUT2D eigenvalue weighted by Gasteiger charge is 2.24. The van der Waals surface area contributed by atoms with E-state index in [9.17, 15) is 14.7 Å². The van der Waals surface area contributed by atoms with Gasteiger partial charge in [0.1, 0.15) is 5.75 Å². The standard InChI is InChI=1S/C22H27NO4/c1-3-5-6-7-14-27-22(26)16-11-8-10-15(4-2)19(16)21(25)17-12-9-13-18(23)20(17)24/h8-13,24H,3-7,14,23H2,1-2H3. The number of carbonyl (C=O) groups excluding carboxylic acids is 2. The number of phenolic OH excluding ortho intramolecular Hbond substituents is 1. The van der Waals surface area contributed by atoms with Gasteiger partial charge in [-0.1, -0.05) is 51.3 Å². The predicted molar refractivity (Wildman–Crippen MR) is 106 cm³/mol. The van der Waals surface area contributed by atoms with Gasteiger partial charge in [-0.25, -0.2) is 4.79 Å². The van der Waals surface area contributed by atoms with Crippen molar-refractivity contribution in [2.45, 2.75) is 46.0 Å². The van der Waals surface area contributed by atoms with Gasteiger partial charge in [-0.05, 0) is 36.6 Å². The maximum absolute atomic E-state index is 13.1. The Labute approximate surface area is 160 Å². The molecule has 0 unspecified atom stereocenters. The third-order valence-electron chi connectivity index (χ3n) is 4.52. The highest BCUT2D eigenvalue weighted by Crippen LogP contribution is 2.29. The first-order valence-corrected chi connectivity index (χ1v) is 9.42. The van der Waals surface area contributed by atoms with E-state index in [2.05, 4.69) is 6.92 Å². The van der Waals surface area contributed by atoms with Gasteiger partial charge in [0.15, 0.2) is 5.78 Å². The summed E-state index contributed by atoms with van der Waals surface area (Å²) in [6, 6.07) is 9.74. The summed E-state index contributed by atoms with van der Waals surface area (Å²) in [5.74, 6) is -1.23. The fourth-order valence-corrected chi connectivity index (χ4v) is 2.98. The van der Waals surface area contributed by atoms with Crippen LogP contribution in [0.1, 0.15) is 71.4 Å². The van der Waals surface area contributed by atoms with Gasteiger partial charge < -0.3 is 15.6 Å². The van der Waals surface area contributed by atoms with Crippen molar-refractivity contribution >= 4 is 17.4 Å². The molecule has 2 aromatic rings. The monoisotopic (exact) mass is 369 g/mol. The summed E-state index contributed by atoms with van der Waals surface area (Å²) in [4.78, 5) is 25.7. The van der Waals surface area contributed by atoms with Gasteiger partial charge in [0.25, 0.3) is 0 Å². The number of nitrogen functional groups attached to an aromatic ring is 1. The van der Waals surface area contributed by atoms with Crippen molar-refractivity contribution in [1.29, 1.82) is 0 Å². The van der Waals surface area contributed by atoms with Crippen molar-refractivity contribution in [2.75, 3.05) is 12.3 Å². The van der Waals surface area contributed by atoms with Gasteiger partial charge in [0.05, 0.1) is 23.4 Å². The summed E-state index contributed by atoms with van der Waals surface area (Å²) in [7, 11) is 0. The van der Waals surface area contributed by atoms with Gasteiger partial charge in [0, 0.05) is 5.56 Å². The number of aryl methyl sites for hydroxylation is 1. The largest absolute Gasteiger partial charge is 0.505 e. The van der Waals surface area contributed by atoms with Gasteiger partial charge in [-0.2, -0.15) is 0 Å². The number of esters is 1. The molecule has 0 aliphatic rings. The first-order valence-electron chi connectivity index (χ1n) is 9.42. The lowest BCUT2D eigenvalue weighted by Crippen LogP contribution is -2.16. The Morgan fingerprint density at radius 1 is 1.00 bits per heavy atom. The van der Waals surface area contributed by atoms with Gasteiger partial charge in [0.2, 0.25) is 0 Å². The smallest absolute Gasteiger partial charge is 0.338 e. The number of para-hydroxylation sites is 1. The van der Waals surface area contributed by atoms with Crippen LogP contribution in [-0.2, 0) is 11.2 Å². The van der Waals surface area contributed by atoms with E-state index in [0.717, 1.165) is 31.2 Å². The molecule has 0 spiro atoms. The summed E-state index contributed by atoms with van der Waals surface area (Å²) >= 11 is 0. The molecule has 144 valence electrons. The molecular formula is C22H27NO4. The molecule has 3 N–H and O–H groups in total. The van der Waals surface area contributed by atoms with E-state index in [-0.39, 0.29) is 28.1 Å². The third-order valence-corrected chi connectivity index (χ3v) is 4.52. The van der Waals surface area contributed by atoms with Crippen LogP contribution in [0.4, 0.5) is 5.69 Å². The number of hydrogen-bond acceptors (Lipinski definition) is 5. The number of ketones is 1. The number of carbonyl (C=O) groups is 2. The average molecular weight is 369 g/mol. The average Bonchev–Trinajstić information content (AvgIpc) is 2.68. The summed E-state index contributed by atoms with van der Waals surface area (Å²) in [5.41, 5.74) is 7.12. The van der Waals surface area contributed by atoms with E-state index >= 15 is 0 Å². The molecular weight excluding hydrogens is 342 g/mol. The van der Waals surface area contributed by atoms with Crippen LogP contribution in [0.5, 0.6) is 5.75 Å². The van der Waals surface area contributed by atoms with Crippen LogP contribution >= 0.6 is 0 Å². The normalized spacial score (nSPS) is 10.6. The van der Waals surface area contributed by atoms with Gasteiger partial charge in [-0.3, -0.25) is 4.79 Å². The lowest BCUT2D eigenvalue weighted by molar-refractivity contribution is 0.0495. The minimum Gasteiger partial charge on any atom is -0.505 e. The van der Waals surface area contributed by atoms with E-state index in [1.165, 1.54) is 12.1 Å². The minimum absolute atomic E-state index is 0.0768. The lowest BCUT2D eigenvalue weighted by atomic mass is 9.91. The number of benzene rings is 2. The number of nitrogens with two attached hydrogens (primary N) is 1. The molecule has 5 nitrogen and oxygen atoms in total. The van der Waals surface area contributed by atoms with Crippen molar-refractivity contribution in [3.63, 3.8) is 0 Å². The molecule has 27 heavy (non-hydrogen) atoms. The maximum atomic E-state index is 13.1. The molecule has 0 fully saturated rings. The second-order valence-corrected chi connectivity index (χ2v) is 6.46. The summed E-state index contributed by atoms with van der Waals surface area (Å²) in [6.07, 6.45) is 4.58. The SMILES string of the molecule is CCCCCCOC(=O)c1cccc(CC)c1C(=O)c1cccc(N)c1O. The summed E-state index contributed by atoms with van der Waals surface area (Å²) < 4.78 is 5.38. The molecule has 2 aromatic carbocycles. The minimum atomic E-state index is -0.520. The second-order valence-electron chi connectivity index (χ2n) is 6.46. The number of anilines is 1. The third kappa shape index (κ3) is 4.88. The van der Waals surface area contributed by atoms with E-state index in [1.807, 2.05) is 6.92 Å². The molecule has 0 saturated heterocycles. The quantitative estimate of drug-likeness (QED) is 0.223. The Morgan fingerprint density at radius 3 is 2.41 bits per heavy atom. The van der Waals surface area contributed by atoms with Crippen molar-refractivity contribution in [3.05, 3.63) is 58.7 Å². The molecule has 0 aliphatic carbocycles. The fourth-order valence-electron chi connectivity index (χ4n) is 2.98. The molecule has 2 rings (SSSR count). The molecule has 5 heteroatoms. The zero-order chi connectivity index (χ0) is 19.8. The second kappa shape index (κ2) is 9.76. The van der Waals surface area contributed by atoms with E-state index in [0.29, 0.717) is 13.0 Å². The number of phenols is 1. The molecule has 0 aliphatic heterocycles. The number of unbranched alkanes of at least 4 members (excludes halogenated alkanes) is 3. The van der Waals surface area contributed by atoms with E-state index in [4.69, 9.17) is 10.5 Å². The van der Waals surface area contributed by atoms with Crippen LogP contribution < -0.4 is 5.73 Å². The molecule has 0 bridgehead atoms. The Hall–Kier alpha value is -2.82. The Morgan fingerprint density at radius 2 is 1.70 bits per heavy atom. The topological polar surface area (TPSA) is 89.6 Å². The highest BCUT2D eigenvalue weighted by molar-refractivity contribution is 6.17. The van der Waals surface area contributed by atoms with Crippen molar-refractivity contribution in [3.8, 4) is 5.75 Å². The number of aromatic hydroxyl groups is 1. The van der Waals surface area contributed by atoms with Crippen molar-refractivity contribution in [2.24, 2.45) is 0 Å². The van der Waals surface area contributed by atoms with Crippen molar-refractivity contribution in [1.82, 2.24) is 0 Å². The zero-order valence-corrected chi connectivity index (χ0v) is 16.0. The predicted octanol–water partition coefficient (Wildman–Crippen LogP) is 4.50. The van der Waals surface area contributed by atoms with Crippen LogP contribution in [0, 0.1) is 0 Å². The first kappa shape index (κ1) is 20.5. The Kier molecular flexibility index (Phi) is 7.41. The van der Waals surface area contributed by atoms with Crippen LogP contribution in [-0.4, -0.2) is 23.5 Å². The van der Waals surface area contributed by atoms with Crippen LogP contribution in [0.15, 0.2) is 36.4 Å². The first-order chi connectivity index (χ1) is 13.0. The van der Waals surface area contributed by atoms with E-state index in [1.54, 1.807) is 24.3 Å². The zero-order valence-electron chi connectivity index (χ0n) is 16.0. The fraction of sp³-hybridized carbons (Fsp3) is 0.364. The van der Waals surface area contributed by atoms with Crippen molar-refractivity contribution < 1.29 is 19.4 Å². The molecule has 0 radical (unpaired) electrons. The van der Waals surface area contributed by atoms with Crippen LogP contribution in [0.3, 0.4) is 0 Å². The maximum Gasteiger partial charge on any atom is 0.338 e. The van der Waals surface area contributed by atoms with E-state index < -0.39 is 11.8 Å². The van der Waals surface area contributed by atoms with Gasteiger partial charge >= 0.3 is 5.97 Å². The number of ether oxygens (including phenoxy) is 1. The molecule has 0 amide bonds. The van der Waals surface area contributed by atoms with Crippen LogP contribution in [0.25, 0.3) is 0 Å². The Bertz CT molecular complexity index is 814. The van der Waals surface area contributed by atoms with Crippen LogP contribution in [0.2, 0.25) is 0 Å². The Balaban J connectivity index is 2.33. The molecule has 0 atom stereocenters. The van der Waals surface area contributed by atoms with Gasteiger partial charge in [-0.15, -0.1) is 0 Å². The highest BCUT2D eigenvalue weighted by atomic mass is 16.5. The molecule has 0 saturated carbocycles.